The van der Waals surface area contributed by atoms with E-state index in [1.54, 1.807) is 0 Å². The molecule has 0 radical (unpaired) electrons. The number of hydrogen-bond acceptors (Lipinski definition) is 3. The second kappa shape index (κ2) is 8.95. The third-order valence-corrected chi connectivity index (χ3v) is 7.36. The summed E-state index contributed by atoms with van der Waals surface area (Å²) in [5.41, 5.74) is 0.752. The van der Waals surface area contributed by atoms with Crippen molar-refractivity contribution in [3.05, 3.63) is 34.3 Å². The van der Waals surface area contributed by atoms with Gasteiger partial charge in [-0.2, -0.15) is 0 Å². The number of halogens is 1. The highest BCUT2D eigenvalue weighted by atomic mass is 79.9. The largest absolute Gasteiger partial charge is 0.342 e. The lowest BCUT2D eigenvalue weighted by Crippen LogP contribution is -2.50. The van der Waals surface area contributed by atoms with Crippen molar-refractivity contribution >= 4 is 27.7 Å². The van der Waals surface area contributed by atoms with Crippen molar-refractivity contribution in [3.63, 3.8) is 0 Å². The van der Waals surface area contributed by atoms with Gasteiger partial charge in [0.05, 0.1) is 5.56 Å². The summed E-state index contributed by atoms with van der Waals surface area (Å²) in [4.78, 5) is 32.0. The fraction of sp³-hybridized carbons (Fsp3) is 0.636. The van der Waals surface area contributed by atoms with Crippen LogP contribution in [0.5, 0.6) is 0 Å². The smallest absolute Gasteiger partial charge is 0.254 e. The third kappa shape index (κ3) is 4.28. The van der Waals surface area contributed by atoms with Crippen LogP contribution >= 0.6 is 15.9 Å². The molecule has 1 aromatic carbocycles. The molecule has 0 N–H and O–H groups in total. The number of carbonyl (C=O) groups excluding carboxylic acids is 2. The number of piperidine rings is 2. The maximum absolute atomic E-state index is 12.8. The van der Waals surface area contributed by atoms with Crippen molar-refractivity contribution in [2.24, 2.45) is 5.92 Å². The minimum atomic E-state index is 0.126. The highest BCUT2D eigenvalue weighted by Crippen LogP contribution is 2.27. The number of likely N-dealkylation sites (tertiary alicyclic amines) is 3. The number of carbonyl (C=O) groups is 2. The van der Waals surface area contributed by atoms with Crippen LogP contribution in [0.2, 0.25) is 0 Å². The minimum absolute atomic E-state index is 0.126. The van der Waals surface area contributed by atoms with Gasteiger partial charge >= 0.3 is 0 Å². The molecule has 0 aliphatic carbocycles. The molecule has 0 unspecified atom stereocenters. The Hall–Kier alpha value is -1.40. The van der Waals surface area contributed by atoms with Gasteiger partial charge in [0.25, 0.3) is 5.91 Å². The Kier molecular flexibility index (Phi) is 6.36. The normalized spacial score (nSPS) is 22.6. The predicted molar refractivity (Wildman–Crippen MR) is 113 cm³/mol. The van der Waals surface area contributed by atoms with Crippen LogP contribution < -0.4 is 0 Å². The van der Waals surface area contributed by atoms with Gasteiger partial charge in [0.2, 0.25) is 5.91 Å². The topological polar surface area (TPSA) is 43.9 Å². The number of benzene rings is 1. The van der Waals surface area contributed by atoms with E-state index in [2.05, 4.69) is 25.7 Å². The lowest BCUT2D eigenvalue weighted by Gasteiger charge is -2.42. The molecule has 0 bridgehead atoms. The van der Waals surface area contributed by atoms with E-state index in [9.17, 15) is 9.59 Å². The first-order chi connectivity index (χ1) is 13.6. The van der Waals surface area contributed by atoms with Crippen molar-refractivity contribution in [1.82, 2.24) is 14.7 Å². The number of hydrogen-bond donors (Lipinski definition) is 0. The van der Waals surface area contributed by atoms with Crippen LogP contribution in [-0.4, -0.2) is 71.8 Å². The van der Waals surface area contributed by atoms with Gasteiger partial charge in [-0.1, -0.05) is 12.1 Å². The summed E-state index contributed by atoms with van der Waals surface area (Å²) < 4.78 is 0.867. The fourth-order valence-corrected chi connectivity index (χ4v) is 5.40. The van der Waals surface area contributed by atoms with Crippen LogP contribution in [0.4, 0.5) is 0 Å². The first-order valence-corrected chi connectivity index (χ1v) is 11.5. The van der Waals surface area contributed by atoms with Gasteiger partial charge in [-0.05, 0) is 79.7 Å². The average molecular weight is 448 g/mol. The zero-order valence-electron chi connectivity index (χ0n) is 16.5. The van der Waals surface area contributed by atoms with E-state index in [1.807, 2.05) is 29.2 Å². The summed E-state index contributed by atoms with van der Waals surface area (Å²) in [5, 5.41) is 0. The van der Waals surface area contributed by atoms with Gasteiger partial charge < -0.3 is 14.7 Å². The maximum Gasteiger partial charge on any atom is 0.254 e. The summed E-state index contributed by atoms with van der Waals surface area (Å²) in [5.74, 6) is 0.748. The van der Waals surface area contributed by atoms with E-state index in [-0.39, 0.29) is 11.8 Å². The van der Waals surface area contributed by atoms with E-state index in [1.165, 1.54) is 12.8 Å². The standard InChI is InChI=1S/C22H30BrN3O2/c23-20-6-2-1-5-19(20)22(28)26-15-9-18(10-16-26)24-13-7-17(8-14-24)21(27)25-11-3-4-12-25/h1-2,5-6,17-18H,3-4,7-16H2. The molecule has 0 saturated carbocycles. The molecule has 3 fully saturated rings. The maximum atomic E-state index is 12.8. The van der Waals surface area contributed by atoms with E-state index in [0.29, 0.717) is 11.9 Å². The average Bonchev–Trinajstić information content (AvgIpc) is 3.28. The van der Waals surface area contributed by atoms with Crippen LogP contribution in [0.1, 0.15) is 48.9 Å². The van der Waals surface area contributed by atoms with Crippen LogP contribution in [0.25, 0.3) is 0 Å². The van der Waals surface area contributed by atoms with Crippen molar-refractivity contribution in [1.29, 1.82) is 0 Å². The molecule has 0 atom stereocenters. The van der Waals surface area contributed by atoms with Crippen LogP contribution in [0.15, 0.2) is 28.7 Å². The quantitative estimate of drug-likeness (QED) is 0.712. The zero-order valence-corrected chi connectivity index (χ0v) is 18.1. The number of nitrogens with zero attached hydrogens (tertiary/aromatic N) is 3. The SMILES string of the molecule is O=C(c1ccccc1Br)N1CCC(N2CCC(C(=O)N3CCCC3)CC2)CC1. The Bertz CT molecular complexity index is 703. The monoisotopic (exact) mass is 447 g/mol. The Morgan fingerprint density at radius 3 is 2.11 bits per heavy atom. The van der Waals surface area contributed by atoms with Crippen molar-refractivity contribution in [3.8, 4) is 0 Å². The Balaban J connectivity index is 1.25. The van der Waals surface area contributed by atoms with Crippen LogP contribution in [0.3, 0.4) is 0 Å². The molecule has 3 heterocycles. The van der Waals surface area contributed by atoms with Gasteiger partial charge in [-0.25, -0.2) is 0 Å². The lowest BCUT2D eigenvalue weighted by atomic mass is 9.92. The first-order valence-electron chi connectivity index (χ1n) is 10.7. The molecule has 3 aliphatic rings. The second-order valence-corrected chi connectivity index (χ2v) is 9.20. The summed E-state index contributed by atoms with van der Waals surface area (Å²) in [7, 11) is 0. The van der Waals surface area contributed by atoms with Crippen LogP contribution in [0, 0.1) is 5.92 Å². The Morgan fingerprint density at radius 2 is 1.46 bits per heavy atom. The van der Waals surface area contributed by atoms with Crippen molar-refractivity contribution in [2.75, 3.05) is 39.3 Å². The molecule has 152 valence electrons. The van der Waals surface area contributed by atoms with Crippen LogP contribution in [-0.2, 0) is 4.79 Å². The van der Waals surface area contributed by atoms with Gasteiger partial charge in [-0.15, -0.1) is 0 Å². The second-order valence-electron chi connectivity index (χ2n) is 8.35. The lowest BCUT2D eigenvalue weighted by molar-refractivity contribution is -0.136. The predicted octanol–water partition coefficient (Wildman–Crippen LogP) is 3.39. The number of amides is 2. The molecule has 0 aromatic heterocycles. The number of rotatable bonds is 3. The van der Waals surface area contributed by atoms with Gasteiger partial charge in [0.15, 0.2) is 0 Å². The molecule has 0 spiro atoms. The molecule has 4 rings (SSSR count). The van der Waals surface area contributed by atoms with Gasteiger partial charge in [0, 0.05) is 42.6 Å². The van der Waals surface area contributed by atoms with E-state index in [0.717, 1.165) is 75.0 Å². The fourth-order valence-electron chi connectivity index (χ4n) is 4.95. The Morgan fingerprint density at radius 1 is 0.821 bits per heavy atom. The summed E-state index contributed by atoms with van der Waals surface area (Å²) >= 11 is 3.49. The minimum Gasteiger partial charge on any atom is -0.342 e. The van der Waals surface area contributed by atoms with E-state index >= 15 is 0 Å². The van der Waals surface area contributed by atoms with Gasteiger partial charge in [-0.3, -0.25) is 9.59 Å². The molecule has 3 aliphatic heterocycles. The highest BCUT2D eigenvalue weighted by molar-refractivity contribution is 9.10. The molecular weight excluding hydrogens is 418 g/mol. The molecule has 5 nitrogen and oxygen atoms in total. The third-order valence-electron chi connectivity index (χ3n) is 6.67. The molecule has 1 aromatic rings. The highest BCUT2D eigenvalue weighted by Gasteiger charge is 2.34. The molecule has 6 heteroatoms. The zero-order chi connectivity index (χ0) is 19.5. The Labute approximate surface area is 176 Å². The van der Waals surface area contributed by atoms with Gasteiger partial charge in [0.1, 0.15) is 0 Å². The summed E-state index contributed by atoms with van der Waals surface area (Å²) in [6, 6.07) is 8.21. The molecule has 28 heavy (non-hydrogen) atoms. The van der Waals surface area contributed by atoms with E-state index in [4.69, 9.17) is 0 Å². The summed E-state index contributed by atoms with van der Waals surface area (Å²) in [6.45, 7) is 5.60. The summed E-state index contributed by atoms with van der Waals surface area (Å²) in [6.07, 6.45) is 6.38. The van der Waals surface area contributed by atoms with Crippen molar-refractivity contribution in [2.45, 2.75) is 44.6 Å². The molecule has 3 saturated heterocycles. The first kappa shape index (κ1) is 19.9. The molecular formula is C22H30BrN3O2. The van der Waals surface area contributed by atoms with E-state index < -0.39 is 0 Å². The van der Waals surface area contributed by atoms with Crippen molar-refractivity contribution < 1.29 is 9.59 Å². The molecule has 2 amide bonds.